The molecule has 0 aliphatic heterocycles. The second-order valence-electron chi connectivity index (χ2n) is 4.62. The van der Waals surface area contributed by atoms with Gasteiger partial charge in [0.25, 0.3) is 0 Å². The van der Waals surface area contributed by atoms with Crippen molar-refractivity contribution in [2.24, 2.45) is 0 Å². The Hall–Kier alpha value is -2.40. The maximum atomic E-state index is 12.2. The molecular formula is C17H17ClO5. The minimum Gasteiger partial charge on any atom is -0.493 e. The van der Waals surface area contributed by atoms with Gasteiger partial charge in [-0.05, 0) is 29.8 Å². The van der Waals surface area contributed by atoms with Crippen LogP contribution in [0.5, 0.6) is 17.2 Å². The Morgan fingerprint density at radius 2 is 1.52 bits per heavy atom. The van der Waals surface area contributed by atoms with Crippen LogP contribution in [-0.4, -0.2) is 27.3 Å². The van der Waals surface area contributed by atoms with E-state index in [0.29, 0.717) is 27.8 Å². The molecule has 0 aliphatic rings. The van der Waals surface area contributed by atoms with Crippen molar-refractivity contribution in [3.8, 4) is 17.2 Å². The standard InChI is InChI=1S/C17H17ClO5/c1-20-14-8-12(9-15(21-2)16(14)22-3)17(19)23-10-11-4-6-13(18)7-5-11/h4-9H,10H2,1-3H3. The van der Waals surface area contributed by atoms with Crippen LogP contribution in [0.25, 0.3) is 0 Å². The number of esters is 1. The van der Waals surface area contributed by atoms with Crippen LogP contribution in [-0.2, 0) is 11.3 Å². The van der Waals surface area contributed by atoms with Crippen LogP contribution in [0, 0.1) is 0 Å². The number of hydrogen-bond donors (Lipinski definition) is 0. The van der Waals surface area contributed by atoms with E-state index in [1.807, 2.05) is 0 Å². The smallest absolute Gasteiger partial charge is 0.338 e. The summed E-state index contributed by atoms with van der Waals surface area (Å²) in [6.45, 7) is 0.145. The fraction of sp³-hybridized carbons (Fsp3) is 0.235. The van der Waals surface area contributed by atoms with Crippen LogP contribution in [0.15, 0.2) is 36.4 Å². The second-order valence-corrected chi connectivity index (χ2v) is 5.05. The molecule has 0 fully saturated rings. The highest BCUT2D eigenvalue weighted by molar-refractivity contribution is 6.30. The predicted molar refractivity (Wildman–Crippen MR) is 86.7 cm³/mol. The van der Waals surface area contributed by atoms with Gasteiger partial charge >= 0.3 is 5.97 Å². The third kappa shape index (κ3) is 4.07. The minimum absolute atomic E-state index is 0.145. The van der Waals surface area contributed by atoms with E-state index in [1.165, 1.54) is 21.3 Å². The average molecular weight is 337 g/mol. The molecule has 0 spiro atoms. The Morgan fingerprint density at radius 3 is 2.00 bits per heavy atom. The van der Waals surface area contributed by atoms with Gasteiger partial charge in [-0.2, -0.15) is 0 Å². The van der Waals surface area contributed by atoms with E-state index >= 15 is 0 Å². The number of rotatable bonds is 6. The lowest BCUT2D eigenvalue weighted by atomic mass is 10.2. The fourth-order valence-electron chi connectivity index (χ4n) is 2.01. The lowest BCUT2D eigenvalue weighted by molar-refractivity contribution is 0.0472. The Bertz CT molecular complexity index is 657. The van der Waals surface area contributed by atoms with Gasteiger partial charge in [-0.3, -0.25) is 0 Å². The van der Waals surface area contributed by atoms with E-state index in [2.05, 4.69) is 0 Å². The molecule has 2 aromatic rings. The minimum atomic E-state index is -0.487. The van der Waals surface area contributed by atoms with Crippen LogP contribution in [0.1, 0.15) is 15.9 Å². The zero-order valence-corrected chi connectivity index (χ0v) is 13.8. The van der Waals surface area contributed by atoms with Gasteiger partial charge in [0.2, 0.25) is 5.75 Å². The number of methoxy groups -OCH3 is 3. The Morgan fingerprint density at radius 1 is 0.957 bits per heavy atom. The zero-order chi connectivity index (χ0) is 16.8. The first kappa shape index (κ1) is 17.0. The molecule has 0 bridgehead atoms. The van der Waals surface area contributed by atoms with Crippen molar-refractivity contribution in [1.29, 1.82) is 0 Å². The molecule has 0 atom stereocenters. The highest BCUT2D eigenvalue weighted by Gasteiger charge is 2.17. The summed E-state index contributed by atoms with van der Waals surface area (Å²) >= 11 is 5.82. The summed E-state index contributed by atoms with van der Waals surface area (Å²) in [6.07, 6.45) is 0. The predicted octanol–water partition coefficient (Wildman–Crippen LogP) is 3.72. The van der Waals surface area contributed by atoms with Gasteiger partial charge in [-0.1, -0.05) is 23.7 Å². The average Bonchev–Trinajstić information content (AvgIpc) is 2.59. The van der Waals surface area contributed by atoms with E-state index in [9.17, 15) is 4.79 Å². The SMILES string of the molecule is COc1cc(C(=O)OCc2ccc(Cl)cc2)cc(OC)c1OC. The number of ether oxygens (including phenoxy) is 4. The zero-order valence-electron chi connectivity index (χ0n) is 13.1. The molecule has 2 aromatic carbocycles. The maximum Gasteiger partial charge on any atom is 0.338 e. The van der Waals surface area contributed by atoms with E-state index in [0.717, 1.165) is 5.56 Å². The number of carbonyl (C=O) groups excluding carboxylic acids is 1. The molecule has 0 saturated heterocycles. The summed E-state index contributed by atoms with van der Waals surface area (Å²) in [4.78, 5) is 12.2. The van der Waals surface area contributed by atoms with E-state index in [4.69, 9.17) is 30.5 Å². The van der Waals surface area contributed by atoms with Crippen LogP contribution in [0.4, 0.5) is 0 Å². The van der Waals surface area contributed by atoms with Gasteiger partial charge in [-0.15, -0.1) is 0 Å². The normalized spacial score (nSPS) is 10.1. The lowest BCUT2D eigenvalue weighted by Gasteiger charge is -2.13. The van der Waals surface area contributed by atoms with Crippen LogP contribution < -0.4 is 14.2 Å². The largest absolute Gasteiger partial charge is 0.493 e. The van der Waals surface area contributed by atoms with Gasteiger partial charge < -0.3 is 18.9 Å². The first-order valence-corrected chi connectivity index (χ1v) is 7.18. The Kier molecular flexibility index (Phi) is 5.71. The molecule has 122 valence electrons. The Balaban J connectivity index is 2.16. The first-order chi connectivity index (χ1) is 11.1. The first-order valence-electron chi connectivity index (χ1n) is 6.80. The summed E-state index contributed by atoms with van der Waals surface area (Å²) in [5.41, 5.74) is 1.16. The molecule has 6 heteroatoms. The summed E-state index contributed by atoms with van der Waals surface area (Å²) in [6, 6.07) is 10.2. The number of carbonyl (C=O) groups is 1. The monoisotopic (exact) mass is 336 g/mol. The number of hydrogen-bond acceptors (Lipinski definition) is 5. The van der Waals surface area contributed by atoms with Crippen molar-refractivity contribution >= 4 is 17.6 Å². The van der Waals surface area contributed by atoms with Crippen molar-refractivity contribution in [2.75, 3.05) is 21.3 Å². The van der Waals surface area contributed by atoms with Crippen molar-refractivity contribution in [3.63, 3.8) is 0 Å². The van der Waals surface area contributed by atoms with Crippen LogP contribution in [0.2, 0.25) is 5.02 Å². The van der Waals surface area contributed by atoms with Gasteiger partial charge in [0.1, 0.15) is 6.61 Å². The number of benzene rings is 2. The van der Waals surface area contributed by atoms with E-state index < -0.39 is 5.97 Å². The van der Waals surface area contributed by atoms with Crippen molar-refractivity contribution in [2.45, 2.75) is 6.61 Å². The maximum absolute atomic E-state index is 12.2. The molecular weight excluding hydrogens is 320 g/mol. The van der Waals surface area contributed by atoms with Crippen molar-refractivity contribution in [3.05, 3.63) is 52.5 Å². The lowest BCUT2D eigenvalue weighted by Crippen LogP contribution is -2.07. The van der Waals surface area contributed by atoms with Crippen LogP contribution >= 0.6 is 11.6 Å². The highest BCUT2D eigenvalue weighted by Crippen LogP contribution is 2.38. The molecule has 5 nitrogen and oxygen atoms in total. The van der Waals surface area contributed by atoms with Gasteiger partial charge in [0.05, 0.1) is 26.9 Å². The summed E-state index contributed by atoms with van der Waals surface area (Å²) in [5, 5.41) is 0.629. The summed E-state index contributed by atoms with van der Waals surface area (Å²) in [7, 11) is 4.47. The molecule has 0 N–H and O–H groups in total. The molecule has 0 saturated carbocycles. The number of halogens is 1. The molecule has 0 aromatic heterocycles. The van der Waals surface area contributed by atoms with Gasteiger partial charge in [0, 0.05) is 5.02 Å². The van der Waals surface area contributed by atoms with Gasteiger partial charge in [0.15, 0.2) is 11.5 Å². The van der Waals surface area contributed by atoms with Gasteiger partial charge in [-0.25, -0.2) is 4.79 Å². The van der Waals surface area contributed by atoms with Crippen molar-refractivity contribution in [1.82, 2.24) is 0 Å². The van der Waals surface area contributed by atoms with E-state index in [1.54, 1.807) is 36.4 Å². The summed E-state index contributed by atoms with van der Waals surface area (Å²) < 4.78 is 20.9. The molecule has 0 heterocycles. The van der Waals surface area contributed by atoms with Crippen LogP contribution in [0.3, 0.4) is 0 Å². The fourth-order valence-corrected chi connectivity index (χ4v) is 2.14. The molecule has 0 unspecified atom stereocenters. The molecule has 0 aliphatic carbocycles. The molecule has 2 rings (SSSR count). The second kappa shape index (κ2) is 7.74. The van der Waals surface area contributed by atoms with E-state index in [-0.39, 0.29) is 6.61 Å². The summed E-state index contributed by atoms with van der Waals surface area (Å²) in [5.74, 6) is 0.721. The third-order valence-corrected chi connectivity index (χ3v) is 3.44. The topological polar surface area (TPSA) is 54.0 Å². The highest BCUT2D eigenvalue weighted by atomic mass is 35.5. The molecule has 23 heavy (non-hydrogen) atoms. The third-order valence-electron chi connectivity index (χ3n) is 3.18. The quantitative estimate of drug-likeness (QED) is 0.752. The van der Waals surface area contributed by atoms with Crippen molar-refractivity contribution < 1.29 is 23.7 Å². The molecule has 0 radical (unpaired) electrons. The Labute approximate surface area is 139 Å². The molecule has 0 amide bonds.